The Morgan fingerprint density at radius 2 is 1.71 bits per heavy atom. The molecule has 0 saturated carbocycles. The molecule has 0 aliphatic carbocycles. The van der Waals surface area contributed by atoms with Gasteiger partial charge in [0, 0.05) is 12.0 Å². The van der Waals surface area contributed by atoms with Crippen molar-refractivity contribution in [2.45, 2.75) is 31.6 Å². The van der Waals surface area contributed by atoms with Crippen molar-refractivity contribution in [3.63, 3.8) is 0 Å². The van der Waals surface area contributed by atoms with Crippen LogP contribution in [0.15, 0.2) is 48.5 Å². The summed E-state index contributed by atoms with van der Waals surface area (Å²) in [5.74, 6) is 1.89. The fraction of sp³-hybridized carbons (Fsp3) is 0.381. The first-order chi connectivity index (χ1) is 13.5. The van der Waals surface area contributed by atoms with E-state index in [0.717, 1.165) is 43.1 Å². The highest BCUT2D eigenvalue weighted by molar-refractivity contribution is 5.97. The number of benzene rings is 2. The van der Waals surface area contributed by atoms with Crippen LogP contribution in [-0.4, -0.2) is 42.3 Å². The van der Waals surface area contributed by atoms with Crippen LogP contribution >= 0.6 is 0 Å². The highest BCUT2D eigenvalue weighted by Crippen LogP contribution is 2.39. The van der Waals surface area contributed by atoms with Gasteiger partial charge >= 0.3 is 6.61 Å². The molecule has 5 nitrogen and oxygen atoms in total. The number of aliphatic hydroxyl groups is 1. The predicted octanol–water partition coefficient (Wildman–Crippen LogP) is 3.56. The summed E-state index contributed by atoms with van der Waals surface area (Å²) in [6, 6.07) is 13.8. The molecule has 4 rings (SSSR count). The summed E-state index contributed by atoms with van der Waals surface area (Å²) in [6.45, 7) is -1.57. The topological polar surface area (TPSA) is 44.9 Å². The fourth-order valence-corrected chi connectivity index (χ4v) is 4.06. The number of hydrogen-bond donors (Lipinski definition) is 1. The van der Waals surface area contributed by atoms with E-state index in [1.807, 2.05) is 29.2 Å². The zero-order valence-corrected chi connectivity index (χ0v) is 15.6. The van der Waals surface area contributed by atoms with E-state index in [9.17, 15) is 13.9 Å². The van der Waals surface area contributed by atoms with Gasteiger partial charge in [0.25, 0.3) is 11.6 Å². The van der Waals surface area contributed by atoms with E-state index >= 15 is 0 Å². The lowest BCUT2D eigenvalue weighted by atomic mass is 10.0. The molecule has 1 atom stereocenters. The van der Waals surface area contributed by atoms with E-state index in [1.165, 1.54) is 12.1 Å². The van der Waals surface area contributed by atoms with Gasteiger partial charge in [0.1, 0.15) is 17.2 Å². The summed E-state index contributed by atoms with van der Waals surface area (Å²) in [5.41, 5.74) is 0.194. The van der Waals surface area contributed by atoms with Gasteiger partial charge in [-0.15, -0.1) is 0 Å². The number of ether oxygens (including phenoxy) is 2. The highest BCUT2D eigenvalue weighted by atomic mass is 19.3. The average Bonchev–Trinajstić information content (AvgIpc) is 3.01. The maximum atomic E-state index is 12.4. The molecule has 2 aliphatic rings. The molecule has 0 saturated heterocycles. The van der Waals surface area contributed by atoms with Gasteiger partial charge in [-0.3, -0.25) is 4.58 Å². The van der Waals surface area contributed by atoms with Crippen molar-refractivity contribution >= 4 is 11.5 Å². The average molecular weight is 389 g/mol. The lowest BCUT2D eigenvalue weighted by Crippen LogP contribution is -2.47. The van der Waals surface area contributed by atoms with Crippen LogP contribution in [-0.2, 0) is 5.72 Å². The van der Waals surface area contributed by atoms with Crippen LogP contribution < -0.4 is 14.4 Å². The van der Waals surface area contributed by atoms with Crippen LogP contribution in [0.2, 0.25) is 0 Å². The lowest BCUT2D eigenvalue weighted by Gasteiger charge is -2.29. The smallest absolute Gasteiger partial charge is 0.387 e. The molecular formula is C21H23F2N2O3+. The van der Waals surface area contributed by atoms with Crippen molar-refractivity contribution in [1.82, 2.24) is 0 Å². The van der Waals surface area contributed by atoms with E-state index in [1.54, 1.807) is 19.2 Å². The summed E-state index contributed by atoms with van der Waals surface area (Å²) in [4.78, 5) is 1.95. The number of alkyl halides is 2. The van der Waals surface area contributed by atoms with Gasteiger partial charge in [-0.25, -0.2) is 0 Å². The molecule has 7 heteroatoms. The molecule has 28 heavy (non-hydrogen) atoms. The van der Waals surface area contributed by atoms with Gasteiger partial charge in [0.2, 0.25) is 0 Å². The van der Waals surface area contributed by atoms with Gasteiger partial charge in [0.05, 0.1) is 13.7 Å². The summed E-state index contributed by atoms with van der Waals surface area (Å²) in [6.07, 6.45) is 3.02. The minimum absolute atomic E-state index is 0.0710. The lowest BCUT2D eigenvalue weighted by molar-refractivity contribution is -0.538. The van der Waals surface area contributed by atoms with Gasteiger partial charge in [0.15, 0.2) is 6.54 Å². The first kappa shape index (κ1) is 18.7. The third-order valence-electron chi connectivity index (χ3n) is 5.36. The zero-order valence-electron chi connectivity index (χ0n) is 15.6. The van der Waals surface area contributed by atoms with Gasteiger partial charge in [-0.05, 0) is 61.4 Å². The SMILES string of the molecule is COc1ccc(N2C3=[N+](CCCC3)C[C@@]2(O)c2ccc(OC(F)F)cc2)cc1. The van der Waals surface area contributed by atoms with Crippen molar-refractivity contribution in [3.05, 3.63) is 54.1 Å². The van der Waals surface area contributed by atoms with E-state index < -0.39 is 12.3 Å². The van der Waals surface area contributed by atoms with Crippen molar-refractivity contribution < 1.29 is 27.9 Å². The van der Waals surface area contributed by atoms with Crippen molar-refractivity contribution in [2.24, 2.45) is 0 Å². The van der Waals surface area contributed by atoms with E-state index in [0.29, 0.717) is 12.1 Å². The van der Waals surface area contributed by atoms with Crippen LogP contribution in [0.5, 0.6) is 11.5 Å². The molecular weight excluding hydrogens is 366 g/mol. The largest absolute Gasteiger partial charge is 0.497 e. The molecule has 0 radical (unpaired) electrons. The number of hydrogen-bond acceptors (Lipinski definition) is 4. The van der Waals surface area contributed by atoms with Crippen molar-refractivity contribution in [3.8, 4) is 11.5 Å². The highest BCUT2D eigenvalue weighted by Gasteiger charge is 2.54. The second-order valence-corrected chi connectivity index (χ2v) is 7.05. The molecule has 2 aliphatic heterocycles. The molecule has 0 aromatic heterocycles. The van der Waals surface area contributed by atoms with E-state index in [4.69, 9.17) is 4.74 Å². The first-order valence-corrected chi connectivity index (χ1v) is 9.34. The molecule has 2 heterocycles. The molecule has 0 amide bonds. The minimum atomic E-state index is -2.87. The van der Waals surface area contributed by atoms with Crippen molar-refractivity contribution in [1.29, 1.82) is 0 Å². The Kier molecular flexibility index (Phi) is 4.93. The van der Waals surface area contributed by atoms with Crippen LogP contribution in [0, 0.1) is 0 Å². The fourth-order valence-electron chi connectivity index (χ4n) is 4.06. The Labute approximate surface area is 162 Å². The third-order valence-corrected chi connectivity index (χ3v) is 5.36. The van der Waals surface area contributed by atoms with Crippen LogP contribution in [0.4, 0.5) is 14.5 Å². The molecule has 0 unspecified atom stereocenters. The monoisotopic (exact) mass is 389 g/mol. The van der Waals surface area contributed by atoms with Crippen LogP contribution in [0.1, 0.15) is 24.8 Å². The first-order valence-electron chi connectivity index (χ1n) is 9.34. The summed E-state index contributed by atoms with van der Waals surface area (Å²) >= 11 is 0. The normalized spacial score (nSPS) is 21.8. The number of halogens is 2. The Bertz CT molecular complexity index is 868. The number of rotatable bonds is 5. The minimum Gasteiger partial charge on any atom is -0.497 e. The van der Waals surface area contributed by atoms with Gasteiger partial charge < -0.3 is 14.6 Å². The number of amidine groups is 1. The Balaban J connectivity index is 1.73. The molecule has 0 bridgehead atoms. The third kappa shape index (κ3) is 3.30. The van der Waals surface area contributed by atoms with Crippen molar-refractivity contribution in [2.75, 3.05) is 25.1 Å². The Morgan fingerprint density at radius 1 is 1.04 bits per heavy atom. The maximum Gasteiger partial charge on any atom is 0.387 e. The molecule has 2 aromatic carbocycles. The molecule has 0 fully saturated rings. The number of methoxy groups -OCH3 is 1. The molecule has 148 valence electrons. The molecule has 1 N–H and O–H groups in total. The second kappa shape index (κ2) is 7.39. The van der Waals surface area contributed by atoms with Gasteiger partial charge in [-0.1, -0.05) is 0 Å². The summed E-state index contributed by atoms with van der Waals surface area (Å²) in [7, 11) is 1.61. The quantitative estimate of drug-likeness (QED) is 0.795. The van der Waals surface area contributed by atoms with E-state index in [-0.39, 0.29) is 5.75 Å². The summed E-state index contributed by atoms with van der Waals surface area (Å²) in [5, 5.41) is 11.7. The number of anilines is 1. The second-order valence-electron chi connectivity index (χ2n) is 7.05. The standard InChI is InChI=1S/C21H23F2N2O3/c1-27-17-11-7-16(8-12-17)25-19-4-2-3-13-24(19)14-21(25,26)15-5-9-18(10-6-15)28-20(22)23/h5-12,20,26H,2-4,13-14H2,1H3/q+1/t21-/m1/s1. The molecule has 2 aromatic rings. The van der Waals surface area contributed by atoms with Crippen LogP contribution in [0.3, 0.4) is 0 Å². The Hall–Kier alpha value is -2.67. The predicted molar refractivity (Wildman–Crippen MR) is 101 cm³/mol. The zero-order chi connectivity index (χ0) is 19.7. The summed E-state index contributed by atoms with van der Waals surface area (Å²) < 4.78 is 36.8. The number of nitrogens with zero attached hydrogens (tertiary/aromatic N) is 2. The maximum absolute atomic E-state index is 12.4. The van der Waals surface area contributed by atoms with Crippen LogP contribution in [0.25, 0.3) is 0 Å². The van der Waals surface area contributed by atoms with Gasteiger partial charge in [-0.2, -0.15) is 13.7 Å². The molecule has 0 spiro atoms. The van der Waals surface area contributed by atoms with E-state index in [2.05, 4.69) is 9.31 Å². The Morgan fingerprint density at radius 3 is 2.36 bits per heavy atom.